The third-order valence-corrected chi connectivity index (χ3v) is 4.14. The summed E-state index contributed by atoms with van der Waals surface area (Å²) in [6.45, 7) is 2.93. The van der Waals surface area contributed by atoms with Crippen molar-refractivity contribution in [3.05, 3.63) is 21.9 Å². The van der Waals surface area contributed by atoms with E-state index in [1.165, 1.54) is 10.4 Å². The summed E-state index contributed by atoms with van der Waals surface area (Å²) in [7, 11) is 0. The van der Waals surface area contributed by atoms with Gasteiger partial charge in [-0.25, -0.2) is 0 Å². The summed E-state index contributed by atoms with van der Waals surface area (Å²) >= 11 is 7.41. The lowest BCUT2D eigenvalue weighted by Crippen LogP contribution is -2.39. The van der Waals surface area contributed by atoms with Gasteiger partial charge in [-0.15, -0.1) is 22.9 Å². The summed E-state index contributed by atoms with van der Waals surface area (Å²) in [5.74, 6) is 0.149. The van der Waals surface area contributed by atoms with E-state index in [0.717, 1.165) is 19.4 Å². The highest BCUT2D eigenvalue weighted by Gasteiger charge is 2.29. The van der Waals surface area contributed by atoms with Gasteiger partial charge in [-0.1, -0.05) is 6.92 Å². The van der Waals surface area contributed by atoms with Crippen molar-refractivity contribution in [1.82, 2.24) is 4.90 Å². The molecule has 1 aromatic heterocycles. The fourth-order valence-corrected chi connectivity index (χ4v) is 3.29. The zero-order valence-corrected chi connectivity index (χ0v) is 10.3. The number of amides is 1. The molecular weight excluding hydrogens is 230 g/mol. The predicted octanol–water partition coefficient (Wildman–Crippen LogP) is 2.82. The molecule has 0 N–H and O–H groups in total. The summed E-state index contributed by atoms with van der Waals surface area (Å²) in [5, 5.41) is 2.11. The number of rotatable bonds is 2. The molecule has 0 aliphatic carbocycles. The van der Waals surface area contributed by atoms with Crippen LogP contribution in [0.4, 0.5) is 0 Å². The molecule has 1 atom stereocenters. The fraction of sp³-hybridized carbons (Fsp3) is 0.545. The van der Waals surface area contributed by atoms with Gasteiger partial charge in [0.25, 0.3) is 0 Å². The van der Waals surface area contributed by atoms with E-state index in [9.17, 15) is 4.79 Å². The lowest BCUT2D eigenvalue weighted by Gasteiger charge is -2.35. The summed E-state index contributed by atoms with van der Waals surface area (Å²) in [6.07, 6.45) is 1.94. The van der Waals surface area contributed by atoms with Crippen LogP contribution in [0.5, 0.6) is 0 Å². The molecule has 0 saturated heterocycles. The Morgan fingerprint density at radius 3 is 3.20 bits per heavy atom. The molecule has 0 spiro atoms. The minimum absolute atomic E-state index is 0.0559. The van der Waals surface area contributed by atoms with Crippen LogP contribution in [0.1, 0.15) is 29.8 Å². The van der Waals surface area contributed by atoms with Crippen molar-refractivity contribution in [2.45, 2.75) is 25.8 Å². The first-order chi connectivity index (χ1) is 7.27. The van der Waals surface area contributed by atoms with E-state index in [4.69, 9.17) is 11.6 Å². The van der Waals surface area contributed by atoms with Crippen LogP contribution in [0.15, 0.2) is 11.4 Å². The smallest absolute Gasteiger partial charge is 0.238 e. The Kier molecular flexibility index (Phi) is 3.32. The van der Waals surface area contributed by atoms with E-state index in [1.54, 1.807) is 11.3 Å². The minimum atomic E-state index is 0.0559. The van der Waals surface area contributed by atoms with Crippen molar-refractivity contribution in [1.29, 1.82) is 0 Å². The number of carbonyl (C=O) groups is 1. The topological polar surface area (TPSA) is 20.3 Å². The molecule has 1 aliphatic heterocycles. The number of halogens is 1. The second-order valence-electron chi connectivity index (χ2n) is 3.69. The van der Waals surface area contributed by atoms with E-state index in [0.29, 0.717) is 0 Å². The van der Waals surface area contributed by atoms with Gasteiger partial charge in [0.1, 0.15) is 5.88 Å². The molecule has 2 nitrogen and oxygen atoms in total. The van der Waals surface area contributed by atoms with Crippen molar-refractivity contribution >= 4 is 28.8 Å². The van der Waals surface area contributed by atoms with Crippen molar-refractivity contribution < 1.29 is 4.79 Å². The monoisotopic (exact) mass is 243 g/mol. The number of hydrogen-bond donors (Lipinski definition) is 0. The van der Waals surface area contributed by atoms with Gasteiger partial charge in [-0.3, -0.25) is 4.79 Å². The highest BCUT2D eigenvalue weighted by Crippen LogP contribution is 2.35. The maximum Gasteiger partial charge on any atom is 0.238 e. The molecule has 2 rings (SSSR count). The largest absolute Gasteiger partial charge is 0.334 e. The van der Waals surface area contributed by atoms with Crippen molar-refractivity contribution in [3.8, 4) is 0 Å². The molecule has 0 fully saturated rings. The maximum atomic E-state index is 11.7. The average molecular weight is 244 g/mol. The van der Waals surface area contributed by atoms with Crippen molar-refractivity contribution in [3.63, 3.8) is 0 Å². The molecule has 0 bridgehead atoms. The molecule has 0 aromatic carbocycles. The highest BCUT2D eigenvalue weighted by molar-refractivity contribution is 7.10. The number of carbonyl (C=O) groups excluding carboxylic acids is 1. The SMILES string of the molecule is CC[C@@H]1c2ccsc2CCN1C(=O)CCl. The van der Waals surface area contributed by atoms with E-state index < -0.39 is 0 Å². The van der Waals surface area contributed by atoms with E-state index in [2.05, 4.69) is 18.4 Å². The molecule has 4 heteroatoms. The Balaban J connectivity index is 2.28. The highest BCUT2D eigenvalue weighted by atomic mass is 35.5. The Labute approximate surface area is 98.8 Å². The molecule has 0 unspecified atom stereocenters. The first-order valence-corrected chi connectivity index (χ1v) is 6.61. The summed E-state index contributed by atoms with van der Waals surface area (Å²) in [6, 6.07) is 2.38. The lowest BCUT2D eigenvalue weighted by atomic mass is 9.98. The van der Waals surface area contributed by atoms with Gasteiger partial charge in [-0.05, 0) is 29.9 Å². The van der Waals surface area contributed by atoms with E-state index in [-0.39, 0.29) is 17.8 Å². The Hall–Kier alpha value is -0.540. The molecule has 82 valence electrons. The molecular formula is C11H14ClNOS. The Morgan fingerprint density at radius 2 is 2.53 bits per heavy atom. The van der Waals surface area contributed by atoms with Crippen LogP contribution in [0.2, 0.25) is 0 Å². The number of hydrogen-bond acceptors (Lipinski definition) is 2. The van der Waals surface area contributed by atoms with Gasteiger partial charge in [-0.2, -0.15) is 0 Å². The first kappa shape index (κ1) is 11.0. The van der Waals surface area contributed by atoms with Crippen LogP contribution in [0.25, 0.3) is 0 Å². The van der Waals surface area contributed by atoms with Crippen LogP contribution in [-0.4, -0.2) is 23.2 Å². The van der Waals surface area contributed by atoms with Crippen LogP contribution >= 0.6 is 22.9 Å². The first-order valence-electron chi connectivity index (χ1n) is 5.19. The number of fused-ring (bicyclic) bond motifs is 1. The van der Waals surface area contributed by atoms with Gasteiger partial charge < -0.3 is 4.90 Å². The quantitative estimate of drug-likeness (QED) is 0.732. The number of alkyl halides is 1. The minimum Gasteiger partial charge on any atom is -0.334 e. The normalized spacial score (nSPS) is 20.1. The van der Waals surface area contributed by atoms with Crippen LogP contribution < -0.4 is 0 Å². The van der Waals surface area contributed by atoms with Gasteiger partial charge in [0.05, 0.1) is 6.04 Å². The third-order valence-electron chi connectivity index (χ3n) is 2.92. The number of thiophene rings is 1. The van der Waals surface area contributed by atoms with Gasteiger partial charge >= 0.3 is 0 Å². The fourth-order valence-electron chi connectivity index (χ4n) is 2.21. The van der Waals surface area contributed by atoms with E-state index in [1.807, 2.05) is 4.90 Å². The van der Waals surface area contributed by atoms with Crippen LogP contribution in [0, 0.1) is 0 Å². The molecule has 0 saturated carbocycles. The van der Waals surface area contributed by atoms with Crippen molar-refractivity contribution in [2.24, 2.45) is 0 Å². The second kappa shape index (κ2) is 4.54. The second-order valence-corrected chi connectivity index (χ2v) is 4.96. The predicted molar refractivity (Wildman–Crippen MR) is 63.5 cm³/mol. The standard InChI is InChI=1S/C11H14ClNOS/c1-2-9-8-4-6-15-10(8)3-5-13(9)11(14)7-12/h4,6,9H,2-3,5,7H2,1H3/t9-/m1/s1. The van der Waals surface area contributed by atoms with Crippen LogP contribution in [-0.2, 0) is 11.2 Å². The van der Waals surface area contributed by atoms with Crippen molar-refractivity contribution in [2.75, 3.05) is 12.4 Å². The molecule has 1 aromatic rings. The zero-order chi connectivity index (χ0) is 10.8. The molecule has 0 radical (unpaired) electrons. The Bertz CT molecular complexity index is 363. The summed E-state index contributed by atoms with van der Waals surface area (Å²) in [5.41, 5.74) is 1.33. The molecule has 15 heavy (non-hydrogen) atoms. The average Bonchev–Trinajstić information content (AvgIpc) is 2.74. The third kappa shape index (κ3) is 1.91. The molecule has 1 aliphatic rings. The summed E-state index contributed by atoms with van der Waals surface area (Å²) in [4.78, 5) is 15.0. The van der Waals surface area contributed by atoms with Gasteiger partial charge in [0, 0.05) is 11.4 Å². The zero-order valence-electron chi connectivity index (χ0n) is 8.70. The van der Waals surface area contributed by atoms with E-state index >= 15 is 0 Å². The van der Waals surface area contributed by atoms with Gasteiger partial charge in [0.15, 0.2) is 0 Å². The maximum absolute atomic E-state index is 11.7. The summed E-state index contributed by atoms with van der Waals surface area (Å²) < 4.78 is 0. The molecule has 1 amide bonds. The molecule has 2 heterocycles. The van der Waals surface area contributed by atoms with Gasteiger partial charge in [0.2, 0.25) is 5.91 Å². The Morgan fingerprint density at radius 1 is 1.73 bits per heavy atom. The lowest BCUT2D eigenvalue weighted by molar-refractivity contribution is -0.131. The number of nitrogens with zero attached hydrogens (tertiary/aromatic N) is 1. The van der Waals surface area contributed by atoms with Crippen LogP contribution in [0.3, 0.4) is 0 Å².